The van der Waals surface area contributed by atoms with Gasteiger partial charge in [0.1, 0.15) is 0 Å². The first kappa shape index (κ1) is 13.2. The number of hydrogen-bond donors (Lipinski definition) is 0. The predicted molar refractivity (Wildman–Crippen MR) is 72.3 cm³/mol. The van der Waals surface area contributed by atoms with Crippen molar-refractivity contribution in [1.82, 2.24) is 0 Å². The Morgan fingerprint density at radius 1 is 1.47 bits per heavy atom. The fraction of sp³-hybridized carbons (Fsp3) is 0.231. The van der Waals surface area contributed by atoms with Crippen molar-refractivity contribution >= 4 is 14.5 Å². The molecule has 0 heterocycles. The molecular formula is C13H16N2OSi. The number of aliphatic imine (C=N–C) groups is 1. The van der Waals surface area contributed by atoms with Crippen LogP contribution in [-0.2, 0) is 4.43 Å². The Bertz CT molecular complexity index is 481. The summed E-state index contributed by atoms with van der Waals surface area (Å²) in [4.78, 5) is 4.14. The summed E-state index contributed by atoms with van der Waals surface area (Å²) in [5.41, 5.74) is 1.48. The van der Waals surface area contributed by atoms with Crippen LogP contribution in [0, 0.1) is 11.3 Å². The van der Waals surface area contributed by atoms with Gasteiger partial charge in [-0.1, -0.05) is 12.1 Å². The summed E-state index contributed by atoms with van der Waals surface area (Å²) in [5.74, 6) is 0.423. The third-order valence-corrected chi connectivity index (χ3v) is 2.65. The molecule has 0 aliphatic rings. The van der Waals surface area contributed by atoms with E-state index in [4.69, 9.17) is 9.69 Å². The lowest BCUT2D eigenvalue weighted by atomic mass is 10.1. The fourth-order valence-electron chi connectivity index (χ4n) is 1.21. The zero-order valence-electron chi connectivity index (χ0n) is 10.4. The van der Waals surface area contributed by atoms with E-state index in [-0.39, 0.29) is 0 Å². The summed E-state index contributed by atoms with van der Waals surface area (Å²) in [6, 6.07) is 9.31. The minimum absolute atomic E-state index is 0.423. The van der Waals surface area contributed by atoms with Gasteiger partial charge in [0.2, 0.25) is 8.32 Å². The minimum atomic E-state index is -1.64. The van der Waals surface area contributed by atoms with Crippen LogP contribution in [0.2, 0.25) is 19.6 Å². The highest BCUT2D eigenvalue weighted by Crippen LogP contribution is 2.10. The minimum Gasteiger partial charge on any atom is -0.532 e. The summed E-state index contributed by atoms with van der Waals surface area (Å²) < 4.78 is 5.60. The molecular weight excluding hydrogens is 228 g/mol. The van der Waals surface area contributed by atoms with Crippen molar-refractivity contribution in [3.05, 3.63) is 47.9 Å². The first-order valence-corrected chi connectivity index (χ1v) is 8.74. The normalized spacial score (nSPS) is 11.2. The SMILES string of the molecule is C=C(/N=C/c1cccc(C#N)c1)O[Si](C)(C)C. The highest BCUT2D eigenvalue weighted by atomic mass is 28.4. The first-order valence-electron chi connectivity index (χ1n) is 5.33. The Hall–Kier alpha value is -1.86. The van der Waals surface area contributed by atoms with E-state index >= 15 is 0 Å². The van der Waals surface area contributed by atoms with Gasteiger partial charge in [-0.15, -0.1) is 0 Å². The van der Waals surface area contributed by atoms with Crippen molar-refractivity contribution in [2.24, 2.45) is 4.99 Å². The van der Waals surface area contributed by atoms with Gasteiger partial charge in [-0.3, -0.25) is 0 Å². The van der Waals surface area contributed by atoms with Gasteiger partial charge in [0, 0.05) is 6.21 Å². The lowest BCUT2D eigenvalue weighted by Crippen LogP contribution is -2.24. The van der Waals surface area contributed by atoms with E-state index in [1.165, 1.54) is 0 Å². The molecule has 0 spiro atoms. The van der Waals surface area contributed by atoms with Crippen molar-refractivity contribution < 1.29 is 4.43 Å². The molecule has 4 heteroatoms. The Kier molecular flexibility index (Phi) is 4.24. The van der Waals surface area contributed by atoms with Crippen molar-refractivity contribution in [3.63, 3.8) is 0 Å². The number of hydrogen-bond acceptors (Lipinski definition) is 3. The molecule has 17 heavy (non-hydrogen) atoms. The Balaban J connectivity index is 2.71. The van der Waals surface area contributed by atoms with Crippen LogP contribution in [0.5, 0.6) is 0 Å². The molecule has 0 N–H and O–H groups in total. The molecule has 0 saturated heterocycles. The van der Waals surface area contributed by atoms with Crippen LogP contribution in [0.25, 0.3) is 0 Å². The van der Waals surface area contributed by atoms with E-state index in [1.807, 2.05) is 12.1 Å². The molecule has 0 amide bonds. The molecule has 0 atom stereocenters. The second-order valence-corrected chi connectivity index (χ2v) is 9.03. The van der Waals surface area contributed by atoms with Gasteiger partial charge in [-0.05, 0) is 43.9 Å². The van der Waals surface area contributed by atoms with Gasteiger partial charge in [0.15, 0.2) is 5.88 Å². The van der Waals surface area contributed by atoms with Crippen LogP contribution in [-0.4, -0.2) is 14.5 Å². The predicted octanol–water partition coefficient (Wildman–Crippen LogP) is 3.30. The van der Waals surface area contributed by atoms with Crippen LogP contribution in [0.3, 0.4) is 0 Å². The molecule has 88 valence electrons. The molecule has 3 nitrogen and oxygen atoms in total. The summed E-state index contributed by atoms with van der Waals surface area (Å²) in [6.07, 6.45) is 1.66. The van der Waals surface area contributed by atoms with Crippen molar-refractivity contribution in [3.8, 4) is 6.07 Å². The Morgan fingerprint density at radius 2 is 2.18 bits per heavy atom. The van der Waals surface area contributed by atoms with Gasteiger partial charge in [-0.2, -0.15) is 5.26 Å². The smallest absolute Gasteiger partial charge is 0.244 e. The zero-order chi connectivity index (χ0) is 12.9. The van der Waals surface area contributed by atoms with Crippen molar-refractivity contribution in [1.29, 1.82) is 5.26 Å². The molecule has 0 aromatic heterocycles. The van der Waals surface area contributed by atoms with Crippen molar-refractivity contribution in [2.45, 2.75) is 19.6 Å². The van der Waals surface area contributed by atoms with Gasteiger partial charge in [0.25, 0.3) is 0 Å². The lowest BCUT2D eigenvalue weighted by Gasteiger charge is -2.17. The lowest BCUT2D eigenvalue weighted by molar-refractivity contribution is 0.421. The second-order valence-electron chi connectivity index (χ2n) is 4.60. The molecule has 0 radical (unpaired) electrons. The maximum Gasteiger partial charge on any atom is 0.244 e. The van der Waals surface area contributed by atoms with Crippen LogP contribution in [0.4, 0.5) is 0 Å². The van der Waals surface area contributed by atoms with E-state index < -0.39 is 8.32 Å². The van der Waals surface area contributed by atoms with Crippen LogP contribution in [0.15, 0.2) is 41.7 Å². The maximum atomic E-state index is 8.76. The van der Waals surface area contributed by atoms with E-state index in [0.29, 0.717) is 11.4 Å². The van der Waals surface area contributed by atoms with Crippen LogP contribution >= 0.6 is 0 Å². The summed E-state index contributed by atoms with van der Waals surface area (Å²) in [5, 5.41) is 8.76. The van der Waals surface area contributed by atoms with Crippen molar-refractivity contribution in [2.75, 3.05) is 0 Å². The summed E-state index contributed by atoms with van der Waals surface area (Å²) in [6.45, 7) is 9.97. The molecule has 0 aliphatic carbocycles. The van der Waals surface area contributed by atoms with E-state index in [1.54, 1.807) is 18.3 Å². The highest BCUT2D eigenvalue weighted by molar-refractivity contribution is 6.70. The number of nitriles is 1. The number of rotatable bonds is 4. The van der Waals surface area contributed by atoms with E-state index in [0.717, 1.165) is 5.56 Å². The molecule has 0 aliphatic heterocycles. The topological polar surface area (TPSA) is 45.4 Å². The molecule has 1 aromatic carbocycles. The number of benzene rings is 1. The molecule has 1 rings (SSSR count). The average Bonchev–Trinajstić information content (AvgIpc) is 2.24. The van der Waals surface area contributed by atoms with Gasteiger partial charge in [0.05, 0.1) is 11.6 Å². The fourth-order valence-corrected chi connectivity index (χ4v) is 1.97. The monoisotopic (exact) mass is 244 g/mol. The average molecular weight is 244 g/mol. The Morgan fingerprint density at radius 3 is 2.76 bits per heavy atom. The molecule has 1 aromatic rings. The zero-order valence-corrected chi connectivity index (χ0v) is 11.4. The Labute approximate surface area is 103 Å². The van der Waals surface area contributed by atoms with Gasteiger partial charge < -0.3 is 4.43 Å². The highest BCUT2D eigenvalue weighted by Gasteiger charge is 2.16. The third kappa shape index (κ3) is 5.14. The molecule has 0 unspecified atom stereocenters. The largest absolute Gasteiger partial charge is 0.532 e. The third-order valence-electron chi connectivity index (χ3n) is 1.80. The molecule has 0 saturated carbocycles. The number of nitrogens with zero attached hydrogens (tertiary/aromatic N) is 2. The standard InChI is InChI=1S/C13H16N2OSi/c1-11(16-17(2,3)4)15-10-13-7-5-6-12(8-13)9-14/h5-8,10H,1H2,2-4H3/b15-10+. The molecule has 0 fully saturated rings. The maximum absolute atomic E-state index is 8.76. The molecule has 0 bridgehead atoms. The second kappa shape index (κ2) is 5.46. The van der Waals surface area contributed by atoms with Crippen LogP contribution in [0.1, 0.15) is 11.1 Å². The quantitative estimate of drug-likeness (QED) is 0.463. The van der Waals surface area contributed by atoms with Gasteiger partial charge >= 0.3 is 0 Å². The first-order chi connectivity index (χ1) is 7.90. The summed E-state index contributed by atoms with van der Waals surface area (Å²) >= 11 is 0. The van der Waals surface area contributed by atoms with Gasteiger partial charge in [-0.25, -0.2) is 4.99 Å². The van der Waals surface area contributed by atoms with E-state index in [2.05, 4.69) is 37.3 Å². The van der Waals surface area contributed by atoms with E-state index in [9.17, 15) is 0 Å². The van der Waals surface area contributed by atoms with Crippen LogP contribution < -0.4 is 0 Å². The summed E-state index contributed by atoms with van der Waals surface area (Å²) in [7, 11) is -1.64.